The van der Waals surface area contributed by atoms with Crippen LogP contribution in [0.1, 0.15) is 36.3 Å². The quantitative estimate of drug-likeness (QED) is 0.398. The Labute approximate surface area is 172 Å². The molecule has 142 valence electrons. The van der Waals surface area contributed by atoms with Gasteiger partial charge in [0.2, 0.25) is 0 Å². The molecule has 0 saturated carbocycles. The van der Waals surface area contributed by atoms with Crippen LogP contribution in [-0.2, 0) is 11.3 Å². The monoisotopic (exact) mass is 469 g/mol. The first kappa shape index (κ1) is 20.7. The number of aromatic nitrogens is 2. The fourth-order valence-corrected chi connectivity index (χ4v) is 3.45. The molecule has 3 rings (SSSR count). The van der Waals surface area contributed by atoms with Crippen LogP contribution in [0, 0.1) is 19.8 Å². The van der Waals surface area contributed by atoms with E-state index in [1.807, 2.05) is 16.9 Å². The van der Waals surface area contributed by atoms with Crippen LogP contribution in [0.3, 0.4) is 0 Å². The minimum absolute atomic E-state index is 0. The first-order chi connectivity index (χ1) is 12.1. The van der Waals surface area contributed by atoms with Crippen LogP contribution in [0.2, 0.25) is 0 Å². The van der Waals surface area contributed by atoms with E-state index >= 15 is 0 Å². The van der Waals surface area contributed by atoms with Crippen LogP contribution in [0.4, 0.5) is 5.69 Å². The van der Waals surface area contributed by atoms with Crippen molar-refractivity contribution in [2.45, 2.75) is 39.8 Å². The summed E-state index contributed by atoms with van der Waals surface area (Å²) in [6, 6.07) is 8.30. The van der Waals surface area contributed by atoms with Gasteiger partial charge in [-0.2, -0.15) is 5.10 Å². The van der Waals surface area contributed by atoms with Crippen LogP contribution in [0.15, 0.2) is 35.5 Å². The molecule has 7 heteroatoms. The molecule has 26 heavy (non-hydrogen) atoms. The minimum atomic E-state index is 0. The van der Waals surface area contributed by atoms with Gasteiger partial charge in [0, 0.05) is 37.5 Å². The summed E-state index contributed by atoms with van der Waals surface area (Å²) in [5.41, 5.74) is 10.6. The highest BCUT2D eigenvalue weighted by Crippen LogP contribution is 2.34. The molecule has 1 aromatic carbocycles. The van der Waals surface area contributed by atoms with Crippen molar-refractivity contribution < 1.29 is 4.74 Å². The van der Waals surface area contributed by atoms with E-state index in [9.17, 15) is 0 Å². The predicted molar refractivity (Wildman–Crippen MR) is 116 cm³/mol. The SMILES string of the molecule is CCn1nccc1[C@@H]1OCC[C@H]1CN=C(N)Nc1cc(C)cc(C)c1.I. The number of nitrogens with zero attached hydrogens (tertiary/aromatic N) is 3. The average molecular weight is 469 g/mol. The van der Waals surface area contributed by atoms with Gasteiger partial charge in [0.25, 0.3) is 0 Å². The highest BCUT2D eigenvalue weighted by atomic mass is 127. The first-order valence-electron chi connectivity index (χ1n) is 8.85. The molecule has 1 aromatic heterocycles. The standard InChI is InChI=1S/C19H27N5O.HI/c1-4-24-17(5-7-22-24)18-15(6-8-25-18)12-21-19(20)23-16-10-13(2)9-14(3)11-16;/h5,7,9-11,15,18H,4,6,8,12H2,1-3H3,(H3,20,21,23);1H/t15-,18+;/m0./s1. The van der Waals surface area contributed by atoms with E-state index in [-0.39, 0.29) is 30.1 Å². The van der Waals surface area contributed by atoms with Crippen LogP contribution >= 0.6 is 24.0 Å². The van der Waals surface area contributed by atoms with Gasteiger partial charge in [-0.3, -0.25) is 9.67 Å². The summed E-state index contributed by atoms with van der Waals surface area (Å²) in [6.45, 7) is 8.47. The molecule has 1 aliphatic heterocycles. The third kappa shape index (κ3) is 4.97. The lowest BCUT2D eigenvalue weighted by molar-refractivity contribution is 0.0851. The molecule has 0 aliphatic carbocycles. The molecule has 0 spiro atoms. The molecule has 0 unspecified atom stereocenters. The van der Waals surface area contributed by atoms with Gasteiger partial charge in [0.1, 0.15) is 6.10 Å². The molecule has 1 aliphatic rings. The normalized spacial score (nSPS) is 20.0. The molecular weight excluding hydrogens is 441 g/mol. The molecule has 1 fully saturated rings. The van der Waals surface area contributed by atoms with Crippen LogP contribution < -0.4 is 11.1 Å². The minimum Gasteiger partial charge on any atom is -0.372 e. The average Bonchev–Trinajstić information content (AvgIpc) is 3.20. The lowest BCUT2D eigenvalue weighted by Crippen LogP contribution is -2.24. The van der Waals surface area contributed by atoms with E-state index in [4.69, 9.17) is 10.5 Å². The third-order valence-electron chi connectivity index (χ3n) is 4.54. The highest BCUT2D eigenvalue weighted by Gasteiger charge is 2.31. The molecule has 3 N–H and O–H groups in total. The number of nitrogens with two attached hydrogens (primary N) is 1. The molecule has 2 heterocycles. The summed E-state index contributed by atoms with van der Waals surface area (Å²) in [5.74, 6) is 0.765. The zero-order chi connectivity index (χ0) is 17.8. The van der Waals surface area contributed by atoms with Crippen molar-refractivity contribution in [3.8, 4) is 0 Å². The Hall–Kier alpha value is -1.61. The summed E-state index contributed by atoms with van der Waals surface area (Å²) < 4.78 is 7.93. The molecule has 0 radical (unpaired) electrons. The van der Waals surface area contributed by atoms with E-state index in [1.165, 1.54) is 11.1 Å². The topological polar surface area (TPSA) is 77.5 Å². The second-order valence-electron chi connectivity index (χ2n) is 6.64. The van der Waals surface area contributed by atoms with Gasteiger partial charge in [-0.15, -0.1) is 24.0 Å². The molecule has 2 atom stereocenters. The summed E-state index contributed by atoms with van der Waals surface area (Å²) >= 11 is 0. The van der Waals surface area contributed by atoms with Crippen LogP contribution in [0.5, 0.6) is 0 Å². The Morgan fingerprint density at radius 1 is 1.35 bits per heavy atom. The van der Waals surface area contributed by atoms with Gasteiger partial charge in [0.05, 0.1) is 5.69 Å². The van der Waals surface area contributed by atoms with Gasteiger partial charge < -0.3 is 15.8 Å². The number of hydrogen-bond acceptors (Lipinski definition) is 3. The number of ether oxygens (including phenoxy) is 1. The molecule has 0 bridgehead atoms. The Balaban J connectivity index is 0.00000243. The van der Waals surface area contributed by atoms with E-state index in [0.29, 0.717) is 18.4 Å². The lowest BCUT2D eigenvalue weighted by Gasteiger charge is -2.18. The smallest absolute Gasteiger partial charge is 0.193 e. The van der Waals surface area contributed by atoms with Crippen molar-refractivity contribution in [3.05, 3.63) is 47.3 Å². The summed E-state index contributed by atoms with van der Waals surface area (Å²) in [7, 11) is 0. The van der Waals surface area contributed by atoms with Crippen LogP contribution in [0.25, 0.3) is 0 Å². The number of benzene rings is 1. The highest BCUT2D eigenvalue weighted by molar-refractivity contribution is 14.0. The summed E-state index contributed by atoms with van der Waals surface area (Å²) in [4.78, 5) is 4.55. The van der Waals surface area contributed by atoms with E-state index in [1.54, 1.807) is 0 Å². The lowest BCUT2D eigenvalue weighted by atomic mass is 9.99. The summed E-state index contributed by atoms with van der Waals surface area (Å²) in [5, 5.41) is 7.53. The Kier molecular flexibility index (Phi) is 7.45. The van der Waals surface area contributed by atoms with Crippen molar-refractivity contribution in [1.29, 1.82) is 0 Å². The van der Waals surface area contributed by atoms with Gasteiger partial charge in [-0.25, -0.2) is 0 Å². The van der Waals surface area contributed by atoms with Gasteiger partial charge in [0.15, 0.2) is 5.96 Å². The first-order valence-corrected chi connectivity index (χ1v) is 8.85. The Bertz CT molecular complexity index is 738. The van der Waals surface area contributed by atoms with Crippen molar-refractivity contribution >= 4 is 35.6 Å². The fraction of sp³-hybridized carbons (Fsp3) is 0.474. The number of aryl methyl sites for hydroxylation is 3. The Morgan fingerprint density at radius 2 is 2.08 bits per heavy atom. The van der Waals surface area contributed by atoms with Gasteiger partial charge in [-0.05, 0) is 56.5 Å². The molecule has 2 aromatic rings. The molecule has 6 nitrogen and oxygen atoms in total. The molecule has 0 amide bonds. The zero-order valence-corrected chi connectivity index (χ0v) is 17.9. The van der Waals surface area contributed by atoms with Gasteiger partial charge >= 0.3 is 0 Å². The third-order valence-corrected chi connectivity index (χ3v) is 4.54. The number of hydrogen-bond donors (Lipinski definition) is 2. The second-order valence-corrected chi connectivity index (χ2v) is 6.64. The van der Waals surface area contributed by atoms with Gasteiger partial charge in [-0.1, -0.05) is 6.07 Å². The van der Waals surface area contributed by atoms with E-state index < -0.39 is 0 Å². The van der Waals surface area contributed by atoms with Crippen molar-refractivity contribution in [2.24, 2.45) is 16.6 Å². The van der Waals surface area contributed by atoms with Crippen molar-refractivity contribution in [3.63, 3.8) is 0 Å². The zero-order valence-electron chi connectivity index (χ0n) is 15.6. The number of anilines is 1. The molecule has 1 saturated heterocycles. The predicted octanol–water partition coefficient (Wildman–Crippen LogP) is 3.64. The maximum atomic E-state index is 6.08. The summed E-state index contributed by atoms with van der Waals surface area (Å²) in [6.07, 6.45) is 2.86. The fourth-order valence-electron chi connectivity index (χ4n) is 3.45. The maximum absolute atomic E-state index is 6.08. The van der Waals surface area contributed by atoms with E-state index in [0.717, 1.165) is 31.0 Å². The maximum Gasteiger partial charge on any atom is 0.193 e. The van der Waals surface area contributed by atoms with Crippen molar-refractivity contribution in [2.75, 3.05) is 18.5 Å². The number of rotatable bonds is 5. The number of halogens is 1. The number of guanidine groups is 1. The van der Waals surface area contributed by atoms with Crippen molar-refractivity contribution in [1.82, 2.24) is 9.78 Å². The second kappa shape index (κ2) is 9.36. The number of aliphatic imine (C=N–C) groups is 1. The number of nitrogens with one attached hydrogen (secondary N) is 1. The largest absolute Gasteiger partial charge is 0.372 e. The van der Waals surface area contributed by atoms with E-state index in [2.05, 4.69) is 54.4 Å². The Morgan fingerprint density at radius 3 is 2.77 bits per heavy atom. The molecular formula is C19H28IN5O. The van der Waals surface area contributed by atoms with Crippen LogP contribution in [-0.4, -0.2) is 28.9 Å².